The Morgan fingerprint density at radius 2 is 2.45 bits per heavy atom. The Bertz CT molecular complexity index is 272. The van der Waals surface area contributed by atoms with Crippen molar-refractivity contribution in [2.45, 2.75) is 0 Å². The minimum atomic E-state index is -0.0325. The molecule has 0 aliphatic heterocycles. The van der Waals surface area contributed by atoms with E-state index >= 15 is 0 Å². The number of nitrogens with one attached hydrogen (secondary N) is 1. The highest BCUT2D eigenvalue weighted by molar-refractivity contribution is 5.97. The van der Waals surface area contributed by atoms with Gasteiger partial charge in [-0.15, -0.1) is 0 Å². The molecule has 0 saturated carbocycles. The largest absolute Gasteiger partial charge is 0.496 e. The average molecular weight is 151 g/mol. The van der Waals surface area contributed by atoms with Gasteiger partial charge in [0.05, 0.1) is 12.7 Å². The lowest BCUT2D eigenvalue weighted by Gasteiger charge is -2.03. The predicted molar refractivity (Wildman–Crippen MR) is 41.8 cm³/mol. The number of methoxy groups -OCH3 is 1. The summed E-state index contributed by atoms with van der Waals surface area (Å²) in [5, 5.41) is 7.14. The molecule has 0 spiro atoms. The van der Waals surface area contributed by atoms with Crippen LogP contribution in [0.2, 0.25) is 0 Å². The molecule has 0 saturated heterocycles. The molecule has 1 aromatic rings. The highest BCUT2D eigenvalue weighted by atomic mass is 16.5. The standard InChI is InChI=1S/C7H9N3O/c1-11-6-2-3-10-4-5(6)7(8)9/h2-4H,1H3,(H3,8,9). The van der Waals surface area contributed by atoms with Crippen LogP contribution in [0.25, 0.3) is 0 Å². The number of hydrogen-bond acceptors (Lipinski definition) is 3. The number of nitrogens with two attached hydrogens (primary N) is 1. The van der Waals surface area contributed by atoms with E-state index in [9.17, 15) is 0 Å². The molecule has 0 atom stereocenters. The minimum Gasteiger partial charge on any atom is -0.496 e. The zero-order valence-corrected chi connectivity index (χ0v) is 6.16. The van der Waals surface area contributed by atoms with Crippen LogP contribution in [0.1, 0.15) is 5.56 Å². The van der Waals surface area contributed by atoms with E-state index in [-0.39, 0.29) is 5.84 Å². The molecular weight excluding hydrogens is 142 g/mol. The molecule has 0 bridgehead atoms. The normalized spacial score (nSPS) is 9.18. The first-order valence-corrected chi connectivity index (χ1v) is 3.08. The molecule has 0 radical (unpaired) electrons. The molecule has 0 aliphatic rings. The third kappa shape index (κ3) is 1.46. The van der Waals surface area contributed by atoms with Crippen molar-refractivity contribution in [3.63, 3.8) is 0 Å². The molecule has 1 rings (SSSR count). The van der Waals surface area contributed by atoms with Gasteiger partial charge in [0.1, 0.15) is 11.6 Å². The van der Waals surface area contributed by atoms with Gasteiger partial charge in [0.25, 0.3) is 0 Å². The van der Waals surface area contributed by atoms with E-state index < -0.39 is 0 Å². The van der Waals surface area contributed by atoms with Crippen LogP contribution in [0, 0.1) is 5.41 Å². The van der Waals surface area contributed by atoms with Crippen molar-refractivity contribution in [3.8, 4) is 5.75 Å². The van der Waals surface area contributed by atoms with Crippen LogP contribution in [-0.4, -0.2) is 17.9 Å². The number of rotatable bonds is 2. The Morgan fingerprint density at radius 1 is 1.73 bits per heavy atom. The van der Waals surface area contributed by atoms with Gasteiger partial charge in [-0.2, -0.15) is 0 Å². The first-order chi connectivity index (χ1) is 5.25. The van der Waals surface area contributed by atoms with Crippen molar-refractivity contribution in [2.75, 3.05) is 7.11 Å². The number of nitrogen functional groups attached to an aromatic ring is 1. The van der Waals surface area contributed by atoms with Crippen LogP contribution in [0.4, 0.5) is 0 Å². The van der Waals surface area contributed by atoms with Crippen LogP contribution in [0.5, 0.6) is 5.75 Å². The van der Waals surface area contributed by atoms with Crippen molar-refractivity contribution < 1.29 is 4.74 Å². The van der Waals surface area contributed by atoms with Crippen LogP contribution < -0.4 is 10.5 Å². The molecule has 4 nitrogen and oxygen atoms in total. The number of nitrogens with zero attached hydrogens (tertiary/aromatic N) is 1. The average Bonchev–Trinajstić information content (AvgIpc) is 2.04. The summed E-state index contributed by atoms with van der Waals surface area (Å²) in [6.45, 7) is 0. The zero-order chi connectivity index (χ0) is 8.27. The number of amidine groups is 1. The van der Waals surface area contributed by atoms with E-state index in [4.69, 9.17) is 15.9 Å². The number of aromatic nitrogens is 1. The second-order valence-corrected chi connectivity index (χ2v) is 1.99. The second kappa shape index (κ2) is 3.01. The van der Waals surface area contributed by atoms with E-state index in [0.29, 0.717) is 11.3 Å². The molecule has 0 aliphatic carbocycles. The second-order valence-electron chi connectivity index (χ2n) is 1.99. The van der Waals surface area contributed by atoms with Gasteiger partial charge in [0.15, 0.2) is 0 Å². The summed E-state index contributed by atoms with van der Waals surface area (Å²) in [7, 11) is 1.53. The highest BCUT2D eigenvalue weighted by Crippen LogP contribution is 2.13. The molecule has 0 aromatic carbocycles. The van der Waals surface area contributed by atoms with Crippen molar-refractivity contribution in [2.24, 2.45) is 5.73 Å². The summed E-state index contributed by atoms with van der Waals surface area (Å²) in [6.07, 6.45) is 3.09. The van der Waals surface area contributed by atoms with Crippen molar-refractivity contribution in [3.05, 3.63) is 24.0 Å². The van der Waals surface area contributed by atoms with E-state index in [0.717, 1.165) is 0 Å². The first-order valence-electron chi connectivity index (χ1n) is 3.08. The monoisotopic (exact) mass is 151 g/mol. The lowest BCUT2D eigenvalue weighted by atomic mass is 10.2. The highest BCUT2D eigenvalue weighted by Gasteiger charge is 2.03. The maximum atomic E-state index is 7.14. The summed E-state index contributed by atoms with van der Waals surface area (Å²) in [5.74, 6) is 0.544. The van der Waals surface area contributed by atoms with Gasteiger partial charge in [0, 0.05) is 12.4 Å². The fourth-order valence-corrected chi connectivity index (χ4v) is 0.762. The molecule has 11 heavy (non-hydrogen) atoms. The summed E-state index contributed by atoms with van der Waals surface area (Å²) >= 11 is 0. The number of ether oxygens (including phenoxy) is 1. The van der Waals surface area contributed by atoms with Crippen molar-refractivity contribution in [1.82, 2.24) is 4.98 Å². The third-order valence-electron chi connectivity index (χ3n) is 1.29. The van der Waals surface area contributed by atoms with E-state index in [1.807, 2.05) is 0 Å². The molecule has 4 heteroatoms. The molecule has 0 amide bonds. The van der Waals surface area contributed by atoms with E-state index in [1.54, 1.807) is 12.3 Å². The fraction of sp³-hybridized carbons (Fsp3) is 0.143. The van der Waals surface area contributed by atoms with Gasteiger partial charge in [-0.3, -0.25) is 10.4 Å². The molecule has 0 unspecified atom stereocenters. The van der Waals surface area contributed by atoms with E-state index in [2.05, 4.69) is 4.98 Å². The Hall–Kier alpha value is -1.58. The molecule has 3 N–H and O–H groups in total. The Balaban J connectivity index is 3.12. The zero-order valence-electron chi connectivity index (χ0n) is 6.16. The van der Waals surface area contributed by atoms with Gasteiger partial charge in [-0.05, 0) is 6.07 Å². The van der Waals surface area contributed by atoms with Crippen LogP contribution in [-0.2, 0) is 0 Å². The minimum absolute atomic E-state index is 0.0325. The fourth-order valence-electron chi connectivity index (χ4n) is 0.762. The lowest BCUT2D eigenvalue weighted by Crippen LogP contribution is -2.12. The van der Waals surface area contributed by atoms with Gasteiger partial charge in [0.2, 0.25) is 0 Å². The summed E-state index contributed by atoms with van der Waals surface area (Å²) in [6, 6.07) is 1.66. The van der Waals surface area contributed by atoms with Crippen LogP contribution in [0.3, 0.4) is 0 Å². The topological polar surface area (TPSA) is 72.0 Å². The van der Waals surface area contributed by atoms with Crippen LogP contribution >= 0.6 is 0 Å². The maximum Gasteiger partial charge on any atom is 0.132 e. The third-order valence-corrected chi connectivity index (χ3v) is 1.29. The Morgan fingerprint density at radius 3 is 2.91 bits per heavy atom. The van der Waals surface area contributed by atoms with E-state index in [1.165, 1.54) is 13.3 Å². The SMILES string of the molecule is COc1ccncc1C(=N)N. The summed E-state index contributed by atoms with van der Waals surface area (Å²) in [4.78, 5) is 3.81. The molecule has 1 heterocycles. The predicted octanol–water partition coefficient (Wildman–Crippen LogP) is 0.374. The van der Waals surface area contributed by atoms with Crippen molar-refractivity contribution >= 4 is 5.84 Å². The van der Waals surface area contributed by atoms with Gasteiger partial charge < -0.3 is 10.5 Å². The van der Waals surface area contributed by atoms with Crippen molar-refractivity contribution in [1.29, 1.82) is 5.41 Å². The molecule has 58 valence electrons. The molecular formula is C7H9N3O. The summed E-state index contributed by atoms with van der Waals surface area (Å²) in [5.41, 5.74) is 5.78. The quantitative estimate of drug-likeness (QED) is 0.474. The first kappa shape index (κ1) is 7.53. The van der Waals surface area contributed by atoms with Gasteiger partial charge >= 0.3 is 0 Å². The lowest BCUT2D eigenvalue weighted by molar-refractivity contribution is 0.413. The number of hydrogen-bond donors (Lipinski definition) is 2. The molecule has 1 aromatic heterocycles. The summed E-state index contributed by atoms with van der Waals surface area (Å²) < 4.78 is 4.95. The van der Waals surface area contributed by atoms with Gasteiger partial charge in [-0.25, -0.2) is 0 Å². The smallest absolute Gasteiger partial charge is 0.132 e. The van der Waals surface area contributed by atoms with Gasteiger partial charge in [-0.1, -0.05) is 0 Å². The molecule has 0 fully saturated rings. The Kier molecular flexibility index (Phi) is 2.06. The van der Waals surface area contributed by atoms with Crippen LogP contribution in [0.15, 0.2) is 18.5 Å². The Labute approximate surface area is 64.5 Å². The number of pyridine rings is 1. The maximum absolute atomic E-state index is 7.14.